The van der Waals surface area contributed by atoms with Gasteiger partial charge in [0.05, 0.1) is 6.61 Å². The van der Waals surface area contributed by atoms with Gasteiger partial charge >= 0.3 is 0 Å². The third kappa shape index (κ3) is 4.11. The first-order valence-corrected chi connectivity index (χ1v) is 6.20. The summed E-state index contributed by atoms with van der Waals surface area (Å²) in [6, 6.07) is 7.56. The minimum atomic E-state index is 0.768. The Kier molecular flexibility index (Phi) is 4.45. The molecule has 0 aromatic heterocycles. The molecule has 0 spiro atoms. The predicted octanol–water partition coefficient (Wildman–Crippen LogP) is 2.30. The molecule has 1 heterocycles. The molecule has 0 saturated carbocycles. The molecule has 0 fully saturated rings. The third-order valence-corrected chi connectivity index (χ3v) is 2.91. The minimum Gasteiger partial charge on any atom is -0.494 e. The van der Waals surface area contributed by atoms with Gasteiger partial charge in [0.1, 0.15) is 5.75 Å². The van der Waals surface area contributed by atoms with Crippen molar-refractivity contribution in [2.24, 2.45) is 0 Å². The fraction of sp³-hybridized carbons (Fsp3) is 0.429. The maximum absolute atomic E-state index is 5.65. The Balaban J connectivity index is 1.62. The molecular formula is C14H20N2O. The summed E-state index contributed by atoms with van der Waals surface area (Å²) in [5, 5.41) is 0. The van der Waals surface area contributed by atoms with E-state index in [9.17, 15) is 0 Å². The number of anilines is 1. The normalized spacial score (nSPS) is 16.0. The van der Waals surface area contributed by atoms with Gasteiger partial charge in [-0.05, 0) is 37.1 Å². The maximum Gasteiger partial charge on any atom is 0.119 e. The highest BCUT2D eigenvalue weighted by Gasteiger charge is 2.04. The number of ether oxygens (including phenoxy) is 1. The van der Waals surface area contributed by atoms with E-state index in [1.54, 1.807) is 0 Å². The van der Waals surface area contributed by atoms with Gasteiger partial charge in [-0.25, -0.2) is 0 Å². The molecule has 1 aromatic carbocycles. The molecule has 1 aliphatic rings. The molecular weight excluding hydrogens is 212 g/mol. The molecule has 0 aliphatic carbocycles. The van der Waals surface area contributed by atoms with E-state index in [1.807, 2.05) is 24.3 Å². The molecule has 0 atom stereocenters. The maximum atomic E-state index is 5.65. The first kappa shape index (κ1) is 12.0. The summed E-state index contributed by atoms with van der Waals surface area (Å²) in [6.07, 6.45) is 6.74. The molecule has 1 aromatic rings. The summed E-state index contributed by atoms with van der Waals surface area (Å²) in [5.74, 6) is 0.901. The molecule has 0 amide bonds. The van der Waals surface area contributed by atoms with Crippen molar-refractivity contribution in [2.75, 3.05) is 32.0 Å². The van der Waals surface area contributed by atoms with E-state index in [-0.39, 0.29) is 0 Å². The van der Waals surface area contributed by atoms with E-state index in [2.05, 4.69) is 17.1 Å². The van der Waals surface area contributed by atoms with Gasteiger partial charge in [-0.15, -0.1) is 0 Å². The molecule has 2 N–H and O–H groups in total. The number of hydrogen-bond acceptors (Lipinski definition) is 3. The zero-order chi connectivity index (χ0) is 11.9. The highest BCUT2D eigenvalue weighted by Crippen LogP contribution is 2.13. The van der Waals surface area contributed by atoms with E-state index >= 15 is 0 Å². The fourth-order valence-corrected chi connectivity index (χ4v) is 1.94. The van der Waals surface area contributed by atoms with Gasteiger partial charge in [-0.2, -0.15) is 0 Å². The van der Waals surface area contributed by atoms with Gasteiger partial charge in [-0.3, -0.25) is 4.90 Å². The number of nitrogens with zero attached hydrogens (tertiary/aromatic N) is 1. The molecule has 0 bridgehead atoms. The van der Waals surface area contributed by atoms with Crippen LogP contribution in [0.5, 0.6) is 5.75 Å². The zero-order valence-corrected chi connectivity index (χ0v) is 10.1. The van der Waals surface area contributed by atoms with Gasteiger partial charge in [0, 0.05) is 25.3 Å². The van der Waals surface area contributed by atoms with E-state index in [0.717, 1.165) is 37.6 Å². The summed E-state index contributed by atoms with van der Waals surface area (Å²) >= 11 is 0. The van der Waals surface area contributed by atoms with Gasteiger partial charge < -0.3 is 10.5 Å². The molecule has 3 heteroatoms. The fourth-order valence-electron chi connectivity index (χ4n) is 1.94. The largest absolute Gasteiger partial charge is 0.494 e. The van der Waals surface area contributed by atoms with Crippen molar-refractivity contribution in [3.63, 3.8) is 0 Å². The van der Waals surface area contributed by atoms with Crippen molar-refractivity contribution >= 4 is 5.69 Å². The third-order valence-electron chi connectivity index (χ3n) is 2.91. The predicted molar refractivity (Wildman–Crippen MR) is 71.2 cm³/mol. The van der Waals surface area contributed by atoms with Gasteiger partial charge in [0.25, 0.3) is 0 Å². The zero-order valence-electron chi connectivity index (χ0n) is 10.1. The van der Waals surface area contributed by atoms with Crippen LogP contribution in [-0.2, 0) is 0 Å². The lowest BCUT2D eigenvalue weighted by molar-refractivity contribution is 0.247. The Morgan fingerprint density at radius 2 is 2.00 bits per heavy atom. The van der Waals surface area contributed by atoms with E-state index in [1.165, 1.54) is 13.0 Å². The summed E-state index contributed by atoms with van der Waals surface area (Å²) < 4.78 is 5.65. The van der Waals surface area contributed by atoms with Crippen molar-refractivity contribution in [1.29, 1.82) is 0 Å². The molecule has 1 aliphatic heterocycles. The van der Waals surface area contributed by atoms with Crippen molar-refractivity contribution in [2.45, 2.75) is 12.8 Å². The number of hydrogen-bond donors (Lipinski definition) is 1. The van der Waals surface area contributed by atoms with Crippen LogP contribution in [-0.4, -0.2) is 31.1 Å². The van der Waals surface area contributed by atoms with E-state index < -0.39 is 0 Å². The average molecular weight is 232 g/mol. The molecule has 17 heavy (non-hydrogen) atoms. The highest BCUT2D eigenvalue weighted by molar-refractivity contribution is 5.41. The number of nitrogen functional groups attached to an aromatic ring is 1. The van der Waals surface area contributed by atoms with Crippen LogP contribution in [0, 0.1) is 0 Å². The minimum absolute atomic E-state index is 0.768. The van der Waals surface area contributed by atoms with Crippen LogP contribution in [0.1, 0.15) is 12.8 Å². The first-order chi connectivity index (χ1) is 8.34. The van der Waals surface area contributed by atoms with E-state index in [4.69, 9.17) is 10.5 Å². The number of nitrogens with two attached hydrogens (primary N) is 1. The van der Waals surface area contributed by atoms with Crippen LogP contribution < -0.4 is 10.5 Å². The molecule has 0 unspecified atom stereocenters. The highest BCUT2D eigenvalue weighted by atomic mass is 16.5. The summed E-state index contributed by atoms with van der Waals surface area (Å²) in [6.45, 7) is 4.14. The standard InChI is InChI=1S/C14H20N2O/c15-13-5-7-14(8-6-13)17-12-4-11-16-9-2-1-3-10-16/h1-2,5-8H,3-4,9-12,15H2. The SMILES string of the molecule is Nc1ccc(OCCCN2CC=CCC2)cc1. The smallest absolute Gasteiger partial charge is 0.119 e. The monoisotopic (exact) mass is 232 g/mol. The average Bonchev–Trinajstić information content (AvgIpc) is 2.38. The Bertz CT molecular complexity index is 359. The van der Waals surface area contributed by atoms with Gasteiger partial charge in [0.2, 0.25) is 0 Å². The number of benzene rings is 1. The topological polar surface area (TPSA) is 38.5 Å². The van der Waals surface area contributed by atoms with E-state index in [0.29, 0.717) is 0 Å². The first-order valence-electron chi connectivity index (χ1n) is 6.20. The molecule has 92 valence electrons. The molecule has 2 rings (SSSR count). The van der Waals surface area contributed by atoms with Crippen LogP contribution in [0.25, 0.3) is 0 Å². The lowest BCUT2D eigenvalue weighted by atomic mass is 10.2. The van der Waals surface area contributed by atoms with Crippen molar-refractivity contribution < 1.29 is 4.74 Å². The summed E-state index contributed by atoms with van der Waals surface area (Å²) in [4.78, 5) is 2.45. The number of rotatable bonds is 5. The Morgan fingerprint density at radius 3 is 2.71 bits per heavy atom. The van der Waals surface area contributed by atoms with Gasteiger partial charge in [0.15, 0.2) is 0 Å². The van der Waals surface area contributed by atoms with Crippen LogP contribution in [0.2, 0.25) is 0 Å². The summed E-state index contributed by atoms with van der Waals surface area (Å²) in [5.41, 5.74) is 6.39. The van der Waals surface area contributed by atoms with Crippen LogP contribution in [0.3, 0.4) is 0 Å². The molecule has 3 nitrogen and oxygen atoms in total. The summed E-state index contributed by atoms with van der Waals surface area (Å²) in [7, 11) is 0. The molecule has 0 radical (unpaired) electrons. The van der Waals surface area contributed by atoms with Gasteiger partial charge in [-0.1, -0.05) is 12.2 Å². The lowest BCUT2D eigenvalue weighted by Gasteiger charge is -2.22. The Hall–Kier alpha value is -1.48. The van der Waals surface area contributed by atoms with Crippen LogP contribution >= 0.6 is 0 Å². The van der Waals surface area contributed by atoms with Crippen molar-refractivity contribution in [3.8, 4) is 5.75 Å². The quantitative estimate of drug-likeness (QED) is 0.481. The van der Waals surface area contributed by atoms with Crippen molar-refractivity contribution in [3.05, 3.63) is 36.4 Å². The van der Waals surface area contributed by atoms with Crippen molar-refractivity contribution in [1.82, 2.24) is 4.90 Å². The second kappa shape index (κ2) is 6.30. The Labute approximate surface area is 103 Å². The molecule has 0 saturated heterocycles. The lowest BCUT2D eigenvalue weighted by Crippen LogP contribution is -2.29. The van der Waals surface area contributed by atoms with Crippen LogP contribution in [0.4, 0.5) is 5.69 Å². The van der Waals surface area contributed by atoms with Crippen LogP contribution in [0.15, 0.2) is 36.4 Å². The second-order valence-electron chi connectivity index (χ2n) is 4.33. The second-order valence-corrected chi connectivity index (χ2v) is 4.33. The Morgan fingerprint density at radius 1 is 1.18 bits per heavy atom.